The van der Waals surface area contributed by atoms with Gasteiger partial charge in [-0.05, 0) is 31.7 Å². The average molecular weight is 302 g/mol. The van der Waals surface area contributed by atoms with E-state index in [9.17, 15) is 4.79 Å². The summed E-state index contributed by atoms with van der Waals surface area (Å²) in [6.07, 6.45) is 6.33. The summed E-state index contributed by atoms with van der Waals surface area (Å²) in [5, 5.41) is 0.803. The molecule has 21 heavy (non-hydrogen) atoms. The van der Waals surface area contributed by atoms with Crippen LogP contribution in [0.15, 0.2) is 27.9 Å². The van der Waals surface area contributed by atoms with E-state index in [1.807, 2.05) is 6.92 Å². The maximum absolute atomic E-state index is 12.7. The summed E-state index contributed by atoms with van der Waals surface area (Å²) in [4.78, 5) is 23.5. The topological polar surface area (TPSA) is 73.3 Å². The van der Waals surface area contributed by atoms with Gasteiger partial charge < -0.3 is 5.73 Å². The number of aliphatic imine (C=N–C) groups is 1. The molecule has 0 atom stereocenters. The van der Waals surface area contributed by atoms with Gasteiger partial charge in [0.25, 0.3) is 5.56 Å². The van der Waals surface area contributed by atoms with Gasteiger partial charge in [-0.3, -0.25) is 14.4 Å². The monoisotopic (exact) mass is 302 g/mol. The molecule has 0 aromatic carbocycles. The van der Waals surface area contributed by atoms with Gasteiger partial charge in [0, 0.05) is 29.4 Å². The molecule has 5 nitrogen and oxygen atoms in total. The summed E-state index contributed by atoms with van der Waals surface area (Å²) < 4.78 is 1.63. The molecule has 0 bridgehead atoms. The molecule has 1 aliphatic carbocycles. The van der Waals surface area contributed by atoms with Gasteiger partial charge in [-0.25, -0.2) is 4.98 Å². The quantitative estimate of drug-likeness (QED) is 0.880. The first-order valence-electron chi connectivity index (χ1n) is 7.00. The number of aryl methyl sites for hydroxylation is 2. The molecule has 0 amide bonds. The number of nitrogens with two attached hydrogens (primary N) is 1. The number of fused-ring (bicyclic) bond motifs is 3. The second-order valence-corrected chi connectivity index (χ2v) is 6.30. The Hall–Kier alpha value is -1.95. The summed E-state index contributed by atoms with van der Waals surface area (Å²) in [7, 11) is 1.72. The highest BCUT2D eigenvalue weighted by atomic mass is 32.1. The molecule has 0 aliphatic heterocycles. The van der Waals surface area contributed by atoms with Crippen molar-refractivity contribution in [3.05, 3.63) is 38.9 Å². The van der Waals surface area contributed by atoms with Crippen LogP contribution in [0.5, 0.6) is 0 Å². The van der Waals surface area contributed by atoms with E-state index in [-0.39, 0.29) is 5.56 Å². The zero-order valence-corrected chi connectivity index (χ0v) is 13.0. The largest absolute Gasteiger partial charge is 0.404 e. The first kappa shape index (κ1) is 14.0. The second kappa shape index (κ2) is 5.44. The van der Waals surface area contributed by atoms with E-state index in [2.05, 4.69) is 9.98 Å². The van der Waals surface area contributed by atoms with Crippen LogP contribution in [-0.4, -0.2) is 22.3 Å². The van der Waals surface area contributed by atoms with Crippen LogP contribution in [-0.2, 0) is 19.4 Å². The Bertz CT molecular complexity index is 813. The Balaban J connectivity index is 2.09. The van der Waals surface area contributed by atoms with E-state index in [1.165, 1.54) is 16.6 Å². The molecular weight excluding hydrogens is 284 g/mol. The maximum Gasteiger partial charge on any atom is 0.262 e. The molecule has 2 aromatic heterocycles. The smallest absolute Gasteiger partial charge is 0.262 e. The second-order valence-electron chi connectivity index (χ2n) is 5.22. The highest BCUT2D eigenvalue weighted by molar-refractivity contribution is 7.18. The predicted molar refractivity (Wildman–Crippen MR) is 87.2 cm³/mol. The van der Waals surface area contributed by atoms with Crippen LogP contribution in [0.2, 0.25) is 0 Å². The minimum atomic E-state index is 0.0302. The van der Waals surface area contributed by atoms with Crippen molar-refractivity contribution in [3.8, 4) is 0 Å². The third kappa shape index (κ3) is 2.29. The summed E-state index contributed by atoms with van der Waals surface area (Å²) in [5.41, 5.74) is 8.57. The van der Waals surface area contributed by atoms with Crippen molar-refractivity contribution in [1.82, 2.24) is 9.55 Å². The van der Waals surface area contributed by atoms with Gasteiger partial charge in [0.15, 0.2) is 0 Å². The number of aromatic nitrogens is 2. The standard InChI is InChI=1S/C15H18N4OS/c1-9(17-2)10(6-16)7-19-8-18-14-13(15(19)20)11-4-3-5-12(11)21-14/h6,8H,3-5,7,16H2,1-2H3. The van der Waals surface area contributed by atoms with E-state index in [1.54, 1.807) is 29.3 Å². The Labute approximate surface area is 126 Å². The van der Waals surface area contributed by atoms with Crippen LogP contribution < -0.4 is 11.3 Å². The first-order chi connectivity index (χ1) is 10.2. The normalized spacial score (nSPS) is 15.7. The maximum atomic E-state index is 12.7. The molecule has 0 fully saturated rings. The van der Waals surface area contributed by atoms with Gasteiger partial charge in [0.1, 0.15) is 4.83 Å². The molecule has 2 aromatic rings. The van der Waals surface area contributed by atoms with Crippen LogP contribution in [0.1, 0.15) is 23.8 Å². The number of allylic oxidation sites excluding steroid dienone is 1. The summed E-state index contributed by atoms with van der Waals surface area (Å²) >= 11 is 1.66. The third-order valence-electron chi connectivity index (χ3n) is 4.03. The minimum Gasteiger partial charge on any atom is -0.404 e. The molecule has 0 saturated carbocycles. The number of hydrogen-bond donors (Lipinski definition) is 1. The van der Waals surface area contributed by atoms with E-state index in [0.29, 0.717) is 6.54 Å². The molecule has 3 rings (SSSR count). The lowest BCUT2D eigenvalue weighted by Gasteiger charge is -2.09. The Kier molecular flexibility index (Phi) is 3.63. The van der Waals surface area contributed by atoms with Gasteiger partial charge in [-0.15, -0.1) is 11.3 Å². The summed E-state index contributed by atoms with van der Waals surface area (Å²) in [6.45, 7) is 2.30. The first-order valence-corrected chi connectivity index (χ1v) is 7.81. The van der Waals surface area contributed by atoms with E-state index in [0.717, 1.165) is 40.8 Å². The van der Waals surface area contributed by atoms with Crippen LogP contribution in [0.4, 0.5) is 0 Å². The van der Waals surface area contributed by atoms with Crippen molar-refractivity contribution in [2.45, 2.75) is 32.7 Å². The highest BCUT2D eigenvalue weighted by Gasteiger charge is 2.21. The SMILES string of the molecule is CN=C(C)C(=CN)Cn1cnc2sc3c(c2c1=O)CCC3. The fourth-order valence-electron chi connectivity index (χ4n) is 2.75. The molecule has 0 radical (unpaired) electrons. The van der Waals surface area contributed by atoms with Crippen molar-refractivity contribution in [2.75, 3.05) is 7.05 Å². The van der Waals surface area contributed by atoms with Gasteiger partial charge in [0.2, 0.25) is 0 Å². The third-order valence-corrected chi connectivity index (χ3v) is 5.23. The van der Waals surface area contributed by atoms with E-state index >= 15 is 0 Å². The Morgan fingerprint density at radius 1 is 1.57 bits per heavy atom. The average Bonchev–Trinajstić information content (AvgIpc) is 3.06. The molecule has 0 saturated heterocycles. The van der Waals surface area contributed by atoms with Gasteiger partial charge in [0.05, 0.1) is 18.3 Å². The Morgan fingerprint density at radius 3 is 3.10 bits per heavy atom. The zero-order valence-electron chi connectivity index (χ0n) is 12.2. The van der Waals surface area contributed by atoms with Crippen LogP contribution in [0.25, 0.3) is 10.2 Å². The zero-order chi connectivity index (χ0) is 15.0. The lowest BCUT2D eigenvalue weighted by molar-refractivity contribution is 0.751. The van der Waals surface area contributed by atoms with Crippen LogP contribution in [0.3, 0.4) is 0 Å². The van der Waals surface area contributed by atoms with Crippen molar-refractivity contribution in [3.63, 3.8) is 0 Å². The number of thiophene rings is 1. The van der Waals surface area contributed by atoms with Crippen molar-refractivity contribution in [2.24, 2.45) is 10.7 Å². The number of rotatable bonds is 3. The predicted octanol–water partition coefficient (Wildman–Crippen LogP) is 1.88. The minimum absolute atomic E-state index is 0.0302. The van der Waals surface area contributed by atoms with Gasteiger partial charge in [-0.1, -0.05) is 0 Å². The number of nitrogens with zero attached hydrogens (tertiary/aromatic N) is 3. The number of hydrogen-bond acceptors (Lipinski definition) is 5. The molecule has 110 valence electrons. The lowest BCUT2D eigenvalue weighted by atomic mass is 10.1. The van der Waals surface area contributed by atoms with Crippen LogP contribution >= 0.6 is 11.3 Å². The van der Waals surface area contributed by atoms with Gasteiger partial charge in [-0.2, -0.15) is 0 Å². The van der Waals surface area contributed by atoms with Crippen molar-refractivity contribution in [1.29, 1.82) is 0 Å². The molecular formula is C15H18N4OS. The molecule has 2 N–H and O–H groups in total. The van der Waals surface area contributed by atoms with Crippen molar-refractivity contribution < 1.29 is 0 Å². The lowest BCUT2D eigenvalue weighted by Crippen LogP contribution is -2.23. The fraction of sp³-hybridized carbons (Fsp3) is 0.400. The molecule has 2 heterocycles. The van der Waals surface area contributed by atoms with Gasteiger partial charge >= 0.3 is 0 Å². The fourth-order valence-corrected chi connectivity index (χ4v) is 3.97. The van der Waals surface area contributed by atoms with E-state index in [4.69, 9.17) is 5.73 Å². The van der Waals surface area contributed by atoms with Crippen LogP contribution in [0, 0.1) is 0 Å². The molecule has 0 spiro atoms. The molecule has 1 aliphatic rings. The Morgan fingerprint density at radius 2 is 2.38 bits per heavy atom. The molecule has 0 unspecified atom stereocenters. The van der Waals surface area contributed by atoms with E-state index < -0.39 is 0 Å². The summed E-state index contributed by atoms with van der Waals surface area (Å²) in [5.74, 6) is 0. The molecule has 6 heteroatoms. The summed E-state index contributed by atoms with van der Waals surface area (Å²) in [6, 6.07) is 0. The van der Waals surface area contributed by atoms with Crippen molar-refractivity contribution >= 4 is 27.3 Å². The highest BCUT2D eigenvalue weighted by Crippen LogP contribution is 2.34.